The van der Waals surface area contributed by atoms with Gasteiger partial charge >= 0.3 is 0 Å². The van der Waals surface area contributed by atoms with Crippen LogP contribution in [0.4, 0.5) is 0 Å². The Bertz CT molecular complexity index is 281. The fraction of sp³-hybridized carbons (Fsp3) is 0.625. The maximum atomic E-state index is 2.60. The van der Waals surface area contributed by atoms with Crippen LogP contribution in [0.3, 0.4) is 0 Å². The zero-order valence-electron chi connectivity index (χ0n) is 11.7. The summed E-state index contributed by atoms with van der Waals surface area (Å²) < 4.78 is 0. The minimum atomic E-state index is 0.871. The van der Waals surface area contributed by atoms with Gasteiger partial charge in [-0.15, -0.1) is 0 Å². The third-order valence-corrected chi connectivity index (χ3v) is 3.24. The van der Waals surface area contributed by atoms with E-state index in [4.69, 9.17) is 0 Å². The first-order valence-electron chi connectivity index (χ1n) is 7.11. The maximum Gasteiger partial charge on any atom is 0.0233 e. The van der Waals surface area contributed by atoms with Crippen LogP contribution in [0.5, 0.6) is 0 Å². The lowest BCUT2D eigenvalue weighted by Crippen LogP contribution is -2.27. The largest absolute Gasteiger partial charge is 0.299 e. The minimum Gasteiger partial charge on any atom is -0.299 e. The zero-order chi connectivity index (χ0) is 12.5. The molecule has 1 heteroatoms. The molecule has 1 unspecified atom stereocenters. The second kappa shape index (κ2) is 8.30. The molecule has 1 saturated heterocycles. The summed E-state index contributed by atoms with van der Waals surface area (Å²) in [4.78, 5) is 2.60. The number of benzene rings is 1. The molecule has 0 amide bonds. The molecule has 1 aliphatic rings. The van der Waals surface area contributed by atoms with Crippen LogP contribution in [0.15, 0.2) is 30.3 Å². The van der Waals surface area contributed by atoms with E-state index in [-0.39, 0.29) is 0 Å². The first kappa shape index (κ1) is 14.2. The minimum absolute atomic E-state index is 0.871. The highest BCUT2D eigenvalue weighted by molar-refractivity contribution is 5.14. The average molecular weight is 233 g/mol. The predicted molar refractivity (Wildman–Crippen MR) is 76.1 cm³/mol. The van der Waals surface area contributed by atoms with E-state index in [1.54, 1.807) is 0 Å². The van der Waals surface area contributed by atoms with Crippen molar-refractivity contribution in [3.63, 3.8) is 0 Å². The monoisotopic (exact) mass is 233 g/mol. The van der Waals surface area contributed by atoms with Crippen molar-refractivity contribution in [3.05, 3.63) is 35.9 Å². The van der Waals surface area contributed by atoms with Gasteiger partial charge < -0.3 is 0 Å². The zero-order valence-corrected chi connectivity index (χ0v) is 11.7. The molecule has 1 aromatic carbocycles. The fourth-order valence-corrected chi connectivity index (χ4v) is 2.44. The van der Waals surface area contributed by atoms with Crippen molar-refractivity contribution in [1.29, 1.82) is 0 Å². The van der Waals surface area contributed by atoms with Crippen molar-refractivity contribution >= 4 is 0 Å². The molecule has 0 saturated carbocycles. The molecule has 0 bridgehead atoms. The molecule has 0 aliphatic carbocycles. The van der Waals surface area contributed by atoms with Crippen molar-refractivity contribution in [2.45, 2.75) is 46.6 Å². The van der Waals surface area contributed by atoms with Crippen LogP contribution in [0.1, 0.15) is 45.6 Å². The summed E-state index contributed by atoms with van der Waals surface area (Å²) in [5.74, 6) is 0.871. The Hall–Kier alpha value is -0.820. The van der Waals surface area contributed by atoms with Crippen LogP contribution in [0.2, 0.25) is 0 Å². The molecule has 1 nitrogen and oxygen atoms in total. The molecular weight excluding hydrogens is 206 g/mol. The second-order valence-corrected chi connectivity index (χ2v) is 4.82. The van der Waals surface area contributed by atoms with Gasteiger partial charge in [0.25, 0.3) is 0 Å². The van der Waals surface area contributed by atoms with Gasteiger partial charge in [-0.05, 0) is 30.9 Å². The first-order chi connectivity index (χ1) is 8.34. The van der Waals surface area contributed by atoms with E-state index in [1.165, 1.54) is 37.9 Å². The molecule has 96 valence electrons. The molecule has 1 aromatic rings. The van der Waals surface area contributed by atoms with Gasteiger partial charge in [0.05, 0.1) is 0 Å². The SMILES string of the molecule is CC.CC1CCCCN(Cc2ccccc2)C1. The van der Waals surface area contributed by atoms with Crippen molar-refractivity contribution < 1.29 is 0 Å². The van der Waals surface area contributed by atoms with Gasteiger partial charge in [-0.2, -0.15) is 0 Å². The Balaban J connectivity index is 0.000000686. The van der Waals surface area contributed by atoms with E-state index in [0.29, 0.717) is 0 Å². The highest BCUT2D eigenvalue weighted by Gasteiger charge is 2.14. The van der Waals surface area contributed by atoms with Gasteiger partial charge in [0.1, 0.15) is 0 Å². The van der Waals surface area contributed by atoms with Crippen molar-refractivity contribution in [3.8, 4) is 0 Å². The van der Waals surface area contributed by atoms with E-state index >= 15 is 0 Å². The van der Waals surface area contributed by atoms with E-state index in [9.17, 15) is 0 Å². The van der Waals surface area contributed by atoms with E-state index in [1.807, 2.05) is 13.8 Å². The topological polar surface area (TPSA) is 3.24 Å². The fourth-order valence-electron chi connectivity index (χ4n) is 2.44. The lowest BCUT2D eigenvalue weighted by atomic mass is 10.1. The highest BCUT2D eigenvalue weighted by atomic mass is 15.1. The third kappa shape index (κ3) is 5.36. The number of nitrogens with zero attached hydrogens (tertiary/aromatic N) is 1. The molecule has 1 fully saturated rings. The standard InChI is InChI=1S/C14H21N.C2H6/c1-13-7-5-6-10-15(11-13)12-14-8-3-2-4-9-14;1-2/h2-4,8-9,13H,5-7,10-12H2,1H3;1-2H3. The molecule has 1 aliphatic heterocycles. The number of hydrogen-bond donors (Lipinski definition) is 0. The van der Waals surface area contributed by atoms with E-state index in [2.05, 4.69) is 42.2 Å². The number of hydrogen-bond acceptors (Lipinski definition) is 1. The summed E-state index contributed by atoms with van der Waals surface area (Å²) in [6.45, 7) is 10.1. The average Bonchev–Trinajstić information content (AvgIpc) is 2.57. The van der Waals surface area contributed by atoms with Gasteiger partial charge in [0, 0.05) is 13.1 Å². The Kier molecular flexibility index (Phi) is 6.95. The lowest BCUT2D eigenvalue weighted by Gasteiger charge is -2.22. The molecule has 17 heavy (non-hydrogen) atoms. The molecular formula is C16H27N. The van der Waals surface area contributed by atoms with E-state index in [0.717, 1.165) is 12.5 Å². The van der Waals surface area contributed by atoms with Crippen LogP contribution in [0, 0.1) is 5.92 Å². The quantitative estimate of drug-likeness (QED) is 0.734. The van der Waals surface area contributed by atoms with Crippen LogP contribution in [-0.4, -0.2) is 18.0 Å². The van der Waals surface area contributed by atoms with Crippen LogP contribution >= 0.6 is 0 Å². The lowest BCUT2D eigenvalue weighted by molar-refractivity contribution is 0.248. The van der Waals surface area contributed by atoms with Gasteiger partial charge in [0.15, 0.2) is 0 Å². The molecule has 0 N–H and O–H groups in total. The molecule has 0 aromatic heterocycles. The third-order valence-electron chi connectivity index (χ3n) is 3.24. The number of likely N-dealkylation sites (tertiary alicyclic amines) is 1. The molecule has 0 radical (unpaired) electrons. The smallest absolute Gasteiger partial charge is 0.0233 e. The normalized spacial score (nSPS) is 21.2. The molecule has 0 spiro atoms. The summed E-state index contributed by atoms with van der Waals surface area (Å²) in [5, 5.41) is 0. The van der Waals surface area contributed by atoms with Crippen molar-refractivity contribution in [2.24, 2.45) is 5.92 Å². The summed E-state index contributed by atoms with van der Waals surface area (Å²) in [5.41, 5.74) is 1.45. The van der Waals surface area contributed by atoms with E-state index < -0.39 is 0 Å². The van der Waals surface area contributed by atoms with Crippen molar-refractivity contribution in [1.82, 2.24) is 4.90 Å². The highest BCUT2D eigenvalue weighted by Crippen LogP contribution is 2.17. The Labute approximate surface area is 107 Å². The van der Waals surface area contributed by atoms with Gasteiger partial charge in [-0.1, -0.05) is 57.5 Å². The molecule has 2 rings (SSSR count). The number of rotatable bonds is 2. The predicted octanol–water partition coefficient (Wildman–Crippen LogP) is 4.33. The van der Waals surface area contributed by atoms with Gasteiger partial charge in [-0.25, -0.2) is 0 Å². The summed E-state index contributed by atoms with van der Waals surface area (Å²) in [6, 6.07) is 10.8. The van der Waals surface area contributed by atoms with Crippen LogP contribution < -0.4 is 0 Å². The summed E-state index contributed by atoms with van der Waals surface area (Å²) >= 11 is 0. The first-order valence-corrected chi connectivity index (χ1v) is 7.11. The second-order valence-electron chi connectivity index (χ2n) is 4.82. The van der Waals surface area contributed by atoms with Crippen LogP contribution in [-0.2, 0) is 6.54 Å². The summed E-state index contributed by atoms with van der Waals surface area (Å²) in [6.07, 6.45) is 4.19. The summed E-state index contributed by atoms with van der Waals surface area (Å²) in [7, 11) is 0. The van der Waals surface area contributed by atoms with Crippen molar-refractivity contribution in [2.75, 3.05) is 13.1 Å². The molecule has 1 atom stereocenters. The maximum absolute atomic E-state index is 2.60. The Morgan fingerprint density at radius 2 is 1.82 bits per heavy atom. The van der Waals surface area contributed by atoms with Gasteiger partial charge in [0.2, 0.25) is 0 Å². The van der Waals surface area contributed by atoms with Gasteiger partial charge in [-0.3, -0.25) is 4.90 Å². The van der Waals surface area contributed by atoms with Crippen LogP contribution in [0.25, 0.3) is 0 Å². The Morgan fingerprint density at radius 1 is 1.12 bits per heavy atom. The Morgan fingerprint density at radius 3 is 2.53 bits per heavy atom. The molecule has 1 heterocycles.